The first-order valence-electron chi connectivity index (χ1n) is 7.98. The molecule has 1 aromatic heterocycles. The molecular weight excluding hydrogens is 282 g/mol. The molecule has 0 aromatic carbocycles. The Kier molecular flexibility index (Phi) is 4.59. The Bertz CT molecular complexity index is 593. The Morgan fingerprint density at radius 3 is 2.77 bits per heavy atom. The molecule has 2 saturated heterocycles. The fraction of sp³-hybridized carbons (Fsp3) is 0.625. The Morgan fingerprint density at radius 2 is 2.05 bits per heavy atom. The van der Waals surface area contributed by atoms with Gasteiger partial charge >= 0.3 is 0 Å². The van der Waals surface area contributed by atoms with Crippen LogP contribution in [0.15, 0.2) is 16.9 Å². The topological polar surface area (TPSA) is 74.4 Å². The monoisotopic (exact) mass is 305 g/mol. The van der Waals surface area contributed by atoms with Crippen LogP contribution < -0.4 is 10.9 Å². The number of nitrogens with one attached hydrogen (secondary N) is 2. The summed E-state index contributed by atoms with van der Waals surface area (Å²) in [5.74, 6) is -0.321. The van der Waals surface area contributed by atoms with Crippen LogP contribution in [0.25, 0.3) is 0 Å². The second kappa shape index (κ2) is 6.62. The number of rotatable bonds is 3. The number of likely N-dealkylation sites (tertiary alicyclic amines) is 1. The highest BCUT2D eigenvalue weighted by Crippen LogP contribution is 2.19. The van der Waals surface area contributed by atoms with E-state index in [2.05, 4.69) is 15.2 Å². The zero-order valence-electron chi connectivity index (χ0n) is 12.9. The zero-order chi connectivity index (χ0) is 15.5. The number of H-pyrrole nitrogens is 1. The van der Waals surface area contributed by atoms with E-state index in [1.54, 1.807) is 19.1 Å². The maximum atomic E-state index is 12.4. The molecule has 0 radical (unpaired) electrons. The molecule has 2 N–H and O–H groups in total. The van der Waals surface area contributed by atoms with Crippen LogP contribution >= 0.6 is 0 Å². The van der Waals surface area contributed by atoms with Gasteiger partial charge in [-0.25, -0.2) is 0 Å². The van der Waals surface area contributed by atoms with Crippen molar-refractivity contribution in [3.8, 4) is 0 Å². The summed E-state index contributed by atoms with van der Waals surface area (Å²) >= 11 is 0. The van der Waals surface area contributed by atoms with Gasteiger partial charge in [0.25, 0.3) is 11.5 Å². The fourth-order valence-electron chi connectivity index (χ4n) is 3.29. The number of carbonyl (C=O) groups excluding carboxylic acids is 1. The lowest BCUT2D eigenvalue weighted by molar-refractivity contribution is 0.0898. The number of aromatic nitrogens is 1. The molecule has 3 heterocycles. The van der Waals surface area contributed by atoms with Gasteiger partial charge in [0.1, 0.15) is 5.56 Å². The largest absolute Gasteiger partial charge is 0.378 e. The van der Waals surface area contributed by atoms with Gasteiger partial charge in [0.05, 0.1) is 25.3 Å². The van der Waals surface area contributed by atoms with Crippen LogP contribution in [-0.4, -0.2) is 54.2 Å². The number of hydrogen-bond donors (Lipinski definition) is 2. The molecule has 3 rings (SSSR count). The van der Waals surface area contributed by atoms with Crippen LogP contribution in [0, 0.1) is 6.92 Å². The van der Waals surface area contributed by atoms with Gasteiger partial charge in [0.2, 0.25) is 0 Å². The molecule has 0 spiro atoms. The maximum absolute atomic E-state index is 12.4. The third kappa shape index (κ3) is 3.23. The molecule has 1 aromatic rings. The van der Waals surface area contributed by atoms with Gasteiger partial charge in [-0.3, -0.25) is 14.5 Å². The second-order valence-corrected chi connectivity index (χ2v) is 6.17. The van der Waals surface area contributed by atoms with Crippen molar-refractivity contribution in [1.82, 2.24) is 15.2 Å². The lowest BCUT2D eigenvalue weighted by atomic mass is 10.0. The molecule has 0 saturated carbocycles. The summed E-state index contributed by atoms with van der Waals surface area (Å²) in [6.07, 6.45) is 3.68. The Balaban J connectivity index is 1.68. The third-order valence-corrected chi connectivity index (χ3v) is 4.53. The molecule has 2 fully saturated rings. The Morgan fingerprint density at radius 1 is 1.27 bits per heavy atom. The minimum Gasteiger partial charge on any atom is -0.378 e. The van der Waals surface area contributed by atoms with Gasteiger partial charge in [-0.15, -0.1) is 0 Å². The molecule has 22 heavy (non-hydrogen) atoms. The first-order valence-corrected chi connectivity index (χ1v) is 7.98. The second-order valence-electron chi connectivity index (χ2n) is 6.17. The molecule has 1 amide bonds. The zero-order valence-corrected chi connectivity index (χ0v) is 12.9. The van der Waals surface area contributed by atoms with Gasteiger partial charge in [0.15, 0.2) is 0 Å². The Hall–Kier alpha value is -1.66. The number of nitrogens with zero attached hydrogens (tertiary/aromatic N) is 1. The number of piperidine rings is 1. The normalized spacial score (nSPS) is 26.0. The van der Waals surface area contributed by atoms with Crippen LogP contribution in [-0.2, 0) is 4.74 Å². The van der Waals surface area contributed by atoms with E-state index in [1.165, 1.54) is 19.3 Å². The number of amides is 1. The van der Waals surface area contributed by atoms with Crippen LogP contribution in [0.5, 0.6) is 0 Å². The summed E-state index contributed by atoms with van der Waals surface area (Å²) in [5, 5.41) is 2.98. The third-order valence-electron chi connectivity index (χ3n) is 4.53. The number of carbonyl (C=O) groups is 1. The van der Waals surface area contributed by atoms with Crippen molar-refractivity contribution in [3.63, 3.8) is 0 Å². The average molecular weight is 305 g/mol. The number of ether oxygens (including phenoxy) is 1. The highest BCUT2D eigenvalue weighted by atomic mass is 16.5. The van der Waals surface area contributed by atoms with E-state index < -0.39 is 0 Å². The SMILES string of the molecule is Cc1ccc(C(=O)N[C@H]2COC[C@@H]2N2CCCCC2)c(=O)[nH]1. The van der Waals surface area contributed by atoms with Gasteiger partial charge in [-0.1, -0.05) is 6.42 Å². The quantitative estimate of drug-likeness (QED) is 0.860. The van der Waals surface area contributed by atoms with Gasteiger partial charge in [-0.05, 0) is 45.0 Å². The molecule has 120 valence electrons. The van der Waals surface area contributed by atoms with Crippen molar-refractivity contribution < 1.29 is 9.53 Å². The fourth-order valence-corrected chi connectivity index (χ4v) is 3.29. The summed E-state index contributed by atoms with van der Waals surface area (Å²) in [4.78, 5) is 29.3. The maximum Gasteiger partial charge on any atom is 0.260 e. The molecule has 6 nitrogen and oxygen atoms in total. The van der Waals surface area contributed by atoms with Crippen LogP contribution in [0.2, 0.25) is 0 Å². The van der Waals surface area contributed by atoms with Crippen molar-refractivity contribution in [3.05, 3.63) is 33.7 Å². The van der Waals surface area contributed by atoms with Crippen molar-refractivity contribution in [2.45, 2.75) is 38.3 Å². The lowest BCUT2D eigenvalue weighted by Crippen LogP contribution is -2.52. The summed E-state index contributed by atoms with van der Waals surface area (Å²) in [6, 6.07) is 3.48. The van der Waals surface area contributed by atoms with Gasteiger partial charge in [-0.2, -0.15) is 0 Å². The molecule has 2 atom stereocenters. The summed E-state index contributed by atoms with van der Waals surface area (Å²) in [5.41, 5.74) is 0.567. The number of pyridine rings is 1. The summed E-state index contributed by atoms with van der Waals surface area (Å²) < 4.78 is 5.57. The molecule has 0 aliphatic carbocycles. The van der Waals surface area contributed by atoms with Crippen LogP contribution in [0.3, 0.4) is 0 Å². The predicted octanol–water partition coefficient (Wildman–Crippen LogP) is 0.666. The van der Waals surface area contributed by atoms with Crippen molar-refractivity contribution >= 4 is 5.91 Å². The van der Waals surface area contributed by atoms with Crippen LogP contribution in [0.4, 0.5) is 0 Å². The van der Waals surface area contributed by atoms with Crippen molar-refractivity contribution in [2.24, 2.45) is 0 Å². The number of aromatic amines is 1. The van der Waals surface area contributed by atoms with E-state index in [0.29, 0.717) is 13.2 Å². The number of aryl methyl sites for hydroxylation is 1. The molecule has 0 bridgehead atoms. The summed E-state index contributed by atoms with van der Waals surface area (Å²) in [6.45, 7) is 5.07. The summed E-state index contributed by atoms with van der Waals surface area (Å²) in [7, 11) is 0. The number of hydrogen-bond acceptors (Lipinski definition) is 4. The van der Waals surface area contributed by atoms with Gasteiger partial charge in [0, 0.05) is 5.69 Å². The van der Waals surface area contributed by atoms with E-state index in [-0.39, 0.29) is 29.1 Å². The van der Waals surface area contributed by atoms with E-state index in [4.69, 9.17) is 4.74 Å². The van der Waals surface area contributed by atoms with Crippen molar-refractivity contribution in [2.75, 3.05) is 26.3 Å². The van der Waals surface area contributed by atoms with Crippen molar-refractivity contribution in [1.29, 1.82) is 0 Å². The lowest BCUT2D eigenvalue weighted by Gasteiger charge is -2.34. The standard InChI is InChI=1S/C16H23N3O3/c1-11-5-6-12(15(20)17-11)16(21)18-13-9-22-10-14(13)19-7-3-2-4-8-19/h5-6,13-14H,2-4,7-10H2,1H3,(H,17,20)(H,18,21)/t13-,14-/m0/s1. The smallest absolute Gasteiger partial charge is 0.260 e. The van der Waals surface area contributed by atoms with E-state index in [9.17, 15) is 9.59 Å². The van der Waals surface area contributed by atoms with Crippen LogP contribution in [0.1, 0.15) is 35.3 Å². The minimum atomic E-state index is -0.342. The predicted molar refractivity (Wildman–Crippen MR) is 83.1 cm³/mol. The molecule has 6 heteroatoms. The highest BCUT2D eigenvalue weighted by molar-refractivity contribution is 5.94. The molecule has 0 unspecified atom stereocenters. The minimum absolute atomic E-state index is 0.0497. The van der Waals surface area contributed by atoms with E-state index in [1.807, 2.05) is 0 Å². The van der Waals surface area contributed by atoms with Gasteiger partial charge < -0.3 is 15.0 Å². The molecule has 2 aliphatic heterocycles. The Labute approximate surface area is 129 Å². The molecule has 2 aliphatic rings. The van der Waals surface area contributed by atoms with E-state index >= 15 is 0 Å². The first kappa shape index (κ1) is 15.2. The van der Waals surface area contributed by atoms with E-state index in [0.717, 1.165) is 18.8 Å². The highest BCUT2D eigenvalue weighted by Gasteiger charge is 2.35. The molecular formula is C16H23N3O3. The average Bonchev–Trinajstić information content (AvgIpc) is 2.96. The first-order chi connectivity index (χ1) is 10.6.